The Balaban J connectivity index is 2.93. The summed E-state index contributed by atoms with van der Waals surface area (Å²) in [6, 6.07) is 5.78. The molecule has 0 N–H and O–H groups in total. The molecule has 0 bridgehead atoms. The first-order valence-electron chi connectivity index (χ1n) is 3.91. The summed E-state index contributed by atoms with van der Waals surface area (Å²) in [5.41, 5.74) is 0.352. The predicted molar refractivity (Wildman–Crippen MR) is 55.8 cm³/mol. The average molecular weight is 211 g/mol. The van der Waals surface area contributed by atoms with Gasteiger partial charge in [0, 0.05) is 17.7 Å². The minimum atomic E-state index is -0.504. The Morgan fingerprint density at radius 2 is 2.29 bits per heavy atom. The van der Waals surface area contributed by atoms with E-state index in [-0.39, 0.29) is 11.5 Å². The summed E-state index contributed by atoms with van der Waals surface area (Å²) in [6.07, 6.45) is 1.81. The van der Waals surface area contributed by atoms with Crippen LogP contribution in [0.2, 0.25) is 0 Å². The maximum atomic E-state index is 11.4. The smallest absolute Gasteiger partial charge is 0.270 e. The first-order chi connectivity index (χ1) is 6.65. The highest BCUT2D eigenvalue weighted by Gasteiger charge is 2.10. The summed E-state index contributed by atoms with van der Waals surface area (Å²) >= 11 is 1.40. The number of nitro groups is 1. The molecule has 0 aliphatic carbocycles. The second-order valence-corrected chi connectivity index (χ2v) is 3.53. The van der Waals surface area contributed by atoms with E-state index in [4.69, 9.17) is 0 Å². The zero-order valence-electron chi connectivity index (χ0n) is 7.60. The molecule has 0 saturated heterocycles. The van der Waals surface area contributed by atoms with Gasteiger partial charge in [0.25, 0.3) is 5.69 Å². The first kappa shape index (κ1) is 10.7. The Morgan fingerprint density at radius 3 is 2.86 bits per heavy atom. The zero-order valence-corrected chi connectivity index (χ0v) is 8.41. The molecule has 0 saturated carbocycles. The van der Waals surface area contributed by atoms with Crippen molar-refractivity contribution >= 4 is 23.2 Å². The molecule has 4 nitrogen and oxygen atoms in total. The predicted octanol–water partition coefficient (Wildman–Crippen LogP) is 2.14. The molecule has 5 heteroatoms. The van der Waals surface area contributed by atoms with Gasteiger partial charge in [-0.15, -0.1) is 0 Å². The lowest BCUT2D eigenvalue weighted by Crippen LogP contribution is -2.02. The number of rotatable bonds is 4. The van der Waals surface area contributed by atoms with Crippen LogP contribution in [0.25, 0.3) is 0 Å². The van der Waals surface area contributed by atoms with Gasteiger partial charge >= 0.3 is 0 Å². The van der Waals surface area contributed by atoms with Gasteiger partial charge in [0.15, 0.2) is 5.78 Å². The summed E-state index contributed by atoms with van der Waals surface area (Å²) < 4.78 is 0. The molecule has 0 aliphatic heterocycles. The van der Waals surface area contributed by atoms with E-state index in [9.17, 15) is 14.9 Å². The van der Waals surface area contributed by atoms with Crippen LogP contribution in [0.5, 0.6) is 0 Å². The molecule has 0 spiro atoms. The third-order valence-corrected chi connectivity index (χ3v) is 2.21. The van der Waals surface area contributed by atoms with Crippen LogP contribution < -0.4 is 0 Å². The second-order valence-electron chi connectivity index (χ2n) is 2.66. The Bertz CT molecular complexity index is 365. The van der Waals surface area contributed by atoms with Crippen LogP contribution >= 0.6 is 11.8 Å². The molecular weight excluding hydrogens is 202 g/mol. The molecule has 0 unspecified atom stereocenters. The van der Waals surface area contributed by atoms with Crippen molar-refractivity contribution in [2.24, 2.45) is 0 Å². The fourth-order valence-corrected chi connectivity index (χ4v) is 1.44. The van der Waals surface area contributed by atoms with E-state index in [0.29, 0.717) is 11.3 Å². The van der Waals surface area contributed by atoms with Gasteiger partial charge in [-0.25, -0.2) is 0 Å². The molecule has 1 aromatic rings. The third kappa shape index (κ3) is 2.56. The van der Waals surface area contributed by atoms with Crippen molar-refractivity contribution in [1.82, 2.24) is 0 Å². The molecule has 0 heterocycles. The molecule has 0 atom stereocenters. The summed E-state index contributed by atoms with van der Waals surface area (Å²) in [7, 11) is 0. The lowest BCUT2D eigenvalue weighted by molar-refractivity contribution is -0.384. The van der Waals surface area contributed by atoms with Crippen molar-refractivity contribution in [3.8, 4) is 0 Å². The van der Waals surface area contributed by atoms with E-state index in [1.807, 2.05) is 6.26 Å². The standard InChI is InChI=1S/C9H9NO3S/c1-14-6-9(11)7-3-2-4-8(5-7)10(12)13/h2-5H,6H2,1H3. The van der Waals surface area contributed by atoms with Crippen molar-refractivity contribution in [3.63, 3.8) is 0 Å². The molecule has 0 amide bonds. The van der Waals surface area contributed by atoms with Crippen LogP contribution in [0.3, 0.4) is 0 Å². The van der Waals surface area contributed by atoms with Crippen LogP contribution in [-0.4, -0.2) is 22.7 Å². The summed E-state index contributed by atoms with van der Waals surface area (Å²) in [4.78, 5) is 21.3. The number of hydrogen-bond donors (Lipinski definition) is 0. The maximum Gasteiger partial charge on any atom is 0.270 e. The van der Waals surface area contributed by atoms with E-state index in [1.165, 1.54) is 30.0 Å². The van der Waals surface area contributed by atoms with Crippen LogP contribution in [0.1, 0.15) is 10.4 Å². The molecule has 0 fully saturated rings. The van der Waals surface area contributed by atoms with Crippen LogP contribution in [0, 0.1) is 10.1 Å². The van der Waals surface area contributed by atoms with Gasteiger partial charge in [-0.2, -0.15) is 11.8 Å². The van der Waals surface area contributed by atoms with Gasteiger partial charge in [0.2, 0.25) is 0 Å². The molecule has 14 heavy (non-hydrogen) atoms. The molecule has 1 aromatic carbocycles. The number of hydrogen-bond acceptors (Lipinski definition) is 4. The van der Waals surface area contributed by atoms with Crippen molar-refractivity contribution in [3.05, 3.63) is 39.9 Å². The number of nitrogens with zero attached hydrogens (tertiary/aromatic N) is 1. The number of ketones is 1. The maximum absolute atomic E-state index is 11.4. The van der Waals surface area contributed by atoms with Crippen LogP contribution in [0.15, 0.2) is 24.3 Å². The van der Waals surface area contributed by atoms with E-state index in [2.05, 4.69) is 0 Å². The summed E-state index contributed by atoms with van der Waals surface area (Å²) in [5.74, 6) is 0.266. The van der Waals surface area contributed by atoms with Crippen molar-refractivity contribution in [1.29, 1.82) is 0 Å². The SMILES string of the molecule is CSCC(=O)c1cccc([N+](=O)[O-])c1. The second kappa shape index (κ2) is 4.76. The number of Topliss-reactive ketones (excluding diaryl/α,β-unsaturated/α-hetero) is 1. The lowest BCUT2D eigenvalue weighted by atomic mass is 10.1. The van der Waals surface area contributed by atoms with Crippen molar-refractivity contribution < 1.29 is 9.72 Å². The molecular formula is C9H9NO3S. The van der Waals surface area contributed by atoms with Gasteiger partial charge in [-0.05, 0) is 6.26 Å². The van der Waals surface area contributed by atoms with Crippen LogP contribution in [0.4, 0.5) is 5.69 Å². The lowest BCUT2D eigenvalue weighted by Gasteiger charge is -1.98. The topological polar surface area (TPSA) is 60.2 Å². The number of carbonyl (C=O) groups is 1. The van der Waals surface area contributed by atoms with Gasteiger partial charge in [0.1, 0.15) is 0 Å². The van der Waals surface area contributed by atoms with Gasteiger partial charge in [-0.3, -0.25) is 14.9 Å². The molecule has 74 valence electrons. The summed E-state index contributed by atoms with van der Waals surface area (Å²) in [6.45, 7) is 0. The Labute approximate surface area is 85.5 Å². The minimum Gasteiger partial charge on any atom is -0.293 e. The van der Waals surface area contributed by atoms with Gasteiger partial charge in [0.05, 0.1) is 10.7 Å². The molecule has 0 aliphatic rings. The molecule has 0 radical (unpaired) electrons. The zero-order chi connectivity index (χ0) is 10.6. The largest absolute Gasteiger partial charge is 0.293 e. The highest BCUT2D eigenvalue weighted by Crippen LogP contribution is 2.14. The number of benzene rings is 1. The number of non-ortho nitro benzene ring substituents is 1. The Hall–Kier alpha value is -1.36. The van der Waals surface area contributed by atoms with Gasteiger partial charge in [-0.1, -0.05) is 12.1 Å². The Kier molecular flexibility index (Phi) is 3.64. The monoisotopic (exact) mass is 211 g/mol. The fraction of sp³-hybridized carbons (Fsp3) is 0.222. The number of nitro benzene ring substituents is 1. The van der Waals surface area contributed by atoms with E-state index in [1.54, 1.807) is 6.07 Å². The normalized spacial score (nSPS) is 9.79. The highest BCUT2D eigenvalue weighted by atomic mass is 32.2. The average Bonchev–Trinajstić information content (AvgIpc) is 2.18. The first-order valence-corrected chi connectivity index (χ1v) is 5.31. The molecule has 1 rings (SSSR count). The van der Waals surface area contributed by atoms with E-state index in [0.717, 1.165) is 0 Å². The van der Waals surface area contributed by atoms with Crippen LogP contribution in [-0.2, 0) is 0 Å². The van der Waals surface area contributed by atoms with Gasteiger partial charge < -0.3 is 0 Å². The van der Waals surface area contributed by atoms with E-state index >= 15 is 0 Å². The number of carbonyl (C=O) groups excluding carboxylic acids is 1. The minimum absolute atomic E-state index is 0.0445. The summed E-state index contributed by atoms with van der Waals surface area (Å²) in [5, 5.41) is 10.4. The Morgan fingerprint density at radius 1 is 1.57 bits per heavy atom. The fourth-order valence-electron chi connectivity index (χ4n) is 1.01. The van der Waals surface area contributed by atoms with E-state index < -0.39 is 4.92 Å². The van der Waals surface area contributed by atoms with Crippen molar-refractivity contribution in [2.75, 3.05) is 12.0 Å². The third-order valence-electron chi connectivity index (χ3n) is 1.65. The molecule has 0 aromatic heterocycles. The van der Waals surface area contributed by atoms with Crippen molar-refractivity contribution in [2.45, 2.75) is 0 Å². The highest BCUT2D eigenvalue weighted by molar-refractivity contribution is 7.99. The number of thioether (sulfide) groups is 1. The quantitative estimate of drug-likeness (QED) is 0.435.